The molecule has 6 nitrogen and oxygen atoms in total. The second-order valence-electron chi connectivity index (χ2n) is 8.40. The minimum absolute atomic E-state index is 0.00891. The van der Waals surface area contributed by atoms with Crippen molar-refractivity contribution in [3.8, 4) is 11.1 Å². The molecule has 3 aromatic carbocycles. The van der Waals surface area contributed by atoms with Crippen molar-refractivity contribution in [2.75, 3.05) is 18.9 Å². The van der Waals surface area contributed by atoms with E-state index in [0.717, 1.165) is 40.5 Å². The highest BCUT2D eigenvalue weighted by molar-refractivity contribution is 5.79. The van der Waals surface area contributed by atoms with E-state index in [1.165, 1.54) is 0 Å². The number of benzene rings is 3. The molecule has 0 aromatic heterocycles. The zero-order valence-corrected chi connectivity index (χ0v) is 18.6. The van der Waals surface area contributed by atoms with Crippen LogP contribution in [0.2, 0.25) is 0 Å². The number of hydrogen-bond donors (Lipinski definition) is 4. The van der Waals surface area contributed by atoms with Gasteiger partial charge in [0.1, 0.15) is 12.7 Å². The maximum Gasteiger partial charge on any atom is 0.418 e. The van der Waals surface area contributed by atoms with Crippen LogP contribution in [0.15, 0.2) is 66.7 Å². The molecule has 3 aromatic rings. The van der Waals surface area contributed by atoms with Gasteiger partial charge >= 0.3 is 12.3 Å². The Morgan fingerprint density at radius 1 is 1.00 bits per heavy atom. The zero-order valence-electron chi connectivity index (χ0n) is 18.6. The lowest BCUT2D eigenvalue weighted by molar-refractivity contribution is -0.136. The van der Waals surface area contributed by atoms with Gasteiger partial charge in [-0.3, -0.25) is 0 Å². The first-order valence-corrected chi connectivity index (χ1v) is 11.1. The molecule has 0 radical (unpaired) electrons. The normalized spacial score (nSPS) is 14.7. The predicted molar refractivity (Wildman–Crippen MR) is 125 cm³/mol. The van der Waals surface area contributed by atoms with Crippen molar-refractivity contribution in [2.24, 2.45) is 0 Å². The maximum atomic E-state index is 12.8. The number of amides is 1. The fraction of sp³-hybridized carbons (Fsp3) is 0.269. The number of nitrogens with one attached hydrogen (secondary N) is 1. The fourth-order valence-electron chi connectivity index (χ4n) is 4.37. The number of aliphatic hydroxyl groups excluding tert-OH is 2. The molecular formula is C26H25F3N2O4. The molecule has 0 fully saturated rings. The van der Waals surface area contributed by atoms with Crippen molar-refractivity contribution in [3.05, 3.63) is 89.0 Å². The quantitative estimate of drug-likeness (QED) is 0.365. The summed E-state index contributed by atoms with van der Waals surface area (Å²) in [7, 11) is 0. The molecule has 35 heavy (non-hydrogen) atoms. The van der Waals surface area contributed by atoms with E-state index in [1.807, 2.05) is 48.5 Å². The molecule has 1 aliphatic rings. The van der Waals surface area contributed by atoms with Gasteiger partial charge in [0.15, 0.2) is 0 Å². The molecule has 0 saturated heterocycles. The number of hydrogen-bond acceptors (Lipinski definition) is 5. The third-order valence-corrected chi connectivity index (χ3v) is 6.14. The number of anilines is 1. The molecular weight excluding hydrogens is 461 g/mol. The minimum Gasteiger partial charge on any atom is -0.449 e. The first-order chi connectivity index (χ1) is 16.7. The van der Waals surface area contributed by atoms with Crippen LogP contribution in [-0.2, 0) is 10.9 Å². The third-order valence-electron chi connectivity index (χ3n) is 6.14. The van der Waals surface area contributed by atoms with Crippen LogP contribution in [0.4, 0.5) is 23.7 Å². The van der Waals surface area contributed by atoms with Gasteiger partial charge in [-0.2, -0.15) is 13.2 Å². The molecule has 0 saturated carbocycles. The standard InChI is InChI=1S/C26H25F3N2O4/c27-26(28,29)21-10-9-15(13-22(21)30)24(33)23(32)11-12-31-25(34)35-14-20-18-7-3-1-5-16(18)17-6-2-4-8-19(17)20/h1-10,13,20,23-24,32-33H,11-12,14,30H2,(H,31,34). The Morgan fingerprint density at radius 3 is 2.17 bits per heavy atom. The molecule has 0 aliphatic heterocycles. The van der Waals surface area contributed by atoms with E-state index in [9.17, 15) is 28.2 Å². The number of halogens is 3. The lowest BCUT2D eigenvalue weighted by Gasteiger charge is -2.20. The topological polar surface area (TPSA) is 105 Å². The first-order valence-electron chi connectivity index (χ1n) is 11.1. The zero-order chi connectivity index (χ0) is 25.2. The van der Waals surface area contributed by atoms with E-state index in [1.54, 1.807) is 0 Å². The van der Waals surface area contributed by atoms with Crippen LogP contribution >= 0.6 is 0 Å². The van der Waals surface area contributed by atoms with E-state index in [0.29, 0.717) is 0 Å². The van der Waals surface area contributed by atoms with Gasteiger partial charge in [-0.25, -0.2) is 4.79 Å². The van der Waals surface area contributed by atoms with Crippen LogP contribution in [-0.4, -0.2) is 35.6 Å². The average molecular weight is 486 g/mol. The largest absolute Gasteiger partial charge is 0.449 e. The number of aliphatic hydroxyl groups is 2. The number of ether oxygens (including phenoxy) is 1. The van der Waals surface area contributed by atoms with Crippen LogP contribution in [0.1, 0.15) is 40.7 Å². The lowest BCUT2D eigenvalue weighted by atomic mass is 9.98. The van der Waals surface area contributed by atoms with Crippen molar-refractivity contribution in [1.29, 1.82) is 0 Å². The number of fused-ring (bicyclic) bond motifs is 3. The highest BCUT2D eigenvalue weighted by Crippen LogP contribution is 2.44. The first kappa shape index (κ1) is 24.6. The van der Waals surface area contributed by atoms with Crippen molar-refractivity contribution in [1.82, 2.24) is 5.32 Å². The Balaban J connectivity index is 1.28. The molecule has 4 rings (SSSR count). The number of alkyl halides is 3. The van der Waals surface area contributed by atoms with E-state index < -0.39 is 35.7 Å². The lowest BCUT2D eigenvalue weighted by Crippen LogP contribution is -2.30. The highest BCUT2D eigenvalue weighted by atomic mass is 19.4. The number of carbonyl (C=O) groups is 1. The number of nitrogen functional groups attached to an aromatic ring is 1. The maximum absolute atomic E-state index is 12.8. The Bertz CT molecular complexity index is 1170. The molecule has 184 valence electrons. The van der Waals surface area contributed by atoms with Gasteiger partial charge < -0.3 is 26.0 Å². The third kappa shape index (κ3) is 5.26. The van der Waals surface area contributed by atoms with Gasteiger partial charge in [-0.1, -0.05) is 54.6 Å². The summed E-state index contributed by atoms with van der Waals surface area (Å²) in [4.78, 5) is 12.2. The average Bonchev–Trinajstić information content (AvgIpc) is 3.15. The van der Waals surface area contributed by atoms with E-state index in [4.69, 9.17) is 10.5 Å². The van der Waals surface area contributed by atoms with Gasteiger partial charge in [-0.15, -0.1) is 0 Å². The summed E-state index contributed by atoms with van der Waals surface area (Å²) in [6.45, 7) is 0.126. The van der Waals surface area contributed by atoms with E-state index in [2.05, 4.69) is 5.32 Å². The Kier molecular flexibility index (Phi) is 7.00. The summed E-state index contributed by atoms with van der Waals surface area (Å²) < 4.78 is 43.9. The summed E-state index contributed by atoms with van der Waals surface area (Å²) in [6, 6.07) is 18.7. The SMILES string of the molecule is Nc1cc(C(O)C(O)CCNC(=O)OCC2c3ccccc3-c3ccccc32)ccc1C(F)(F)F. The molecule has 9 heteroatoms. The van der Waals surface area contributed by atoms with Gasteiger partial charge in [0.2, 0.25) is 0 Å². The van der Waals surface area contributed by atoms with Crippen LogP contribution in [0.3, 0.4) is 0 Å². The summed E-state index contributed by atoms with van der Waals surface area (Å²) in [5.74, 6) is -0.0920. The number of rotatable bonds is 7. The molecule has 2 atom stereocenters. The summed E-state index contributed by atoms with van der Waals surface area (Å²) in [5.41, 5.74) is 8.31. The number of alkyl carbamates (subject to hydrolysis) is 1. The van der Waals surface area contributed by atoms with Gasteiger partial charge in [0, 0.05) is 18.2 Å². The monoisotopic (exact) mass is 486 g/mol. The summed E-state index contributed by atoms with van der Waals surface area (Å²) in [6.07, 6.45) is -8.14. The van der Waals surface area contributed by atoms with Gasteiger partial charge in [0.05, 0.1) is 11.7 Å². The van der Waals surface area contributed by atoms with Gasteiger partial charge in [0.25, 0.3) is 0 Å². The Morgan fingerprint density at radius 2 is 1.60 bits per heavy atom. The molecule has 0 spiro atoms. The second-order valence-corrected chi connectivity index (χ2v) is 8.40. The van der Waals surface area contributed by atoms with Crippen molar-refractivity contribution < 1.29 is 32.9 Å². The van der Waals surface area contributed by atoms with Crippen LogP contribution in [0.25, 0.3) is 11.1 Å². The highest BCUT2D eigenvalue weighted by Gasteiger charge is 2.33. The molecule has 1 amide bonds. The van der Waals surface area contributed by atoms with Crippen LogP contribution in [0, 0.1) is 0 Å². The molecule has 0 heterocycles. The Labute approximate surface area is 200 Å². The number of nitrogens with two attached hydrogens (primary N) is 1. The van der Waals surface area contributed by atoms with Crippen LogP contribution < -0.4 is 11.1 Å². The predicted octanol–water partition coefficient (Wildman–Crippen LogP) is 4.61. The van der Waals surface area contributed by atoms with Gasteiger partial charge in [-0.05, 0) is 46.4 Å². The smallest absolute Gasteiger partial charge is 0.418 e. The minimum atomic E-state index is -4.61. The summed E-state index contributed by atoms with van der Waals surface area (Å²) in [5, 5.41) is 23.0. The number of carbonyl (C=O) groups excluding carboxylic acids is 1. The Hall–Kier alpha value is -3.56. The fourth-order valence-corrected chi connectivity index (χ4v) is 4.37. The van der Waals surface area contributed by atoms with E-state index >= 15 is 0 Å². The molecule has 2 unspecified atom stereocenters. The summed E-state index contributed by atoms with van der Waals surface area (Å²) >= 11 is 0. The van der Waals surface area contributed by atoms with Crippen molar-refractivity contribution in [2.45, 2.75) is 30.7 Å². The molecule has 1 aliphatic carbocycles. The van der Waals surface area contributed by atoms with E-state index in [-0.39, 0.29) is 31.1 Å². The van der Waals surface area contributed by atoms with Crippen molar-refractivity contribution in [3.63, 3.8) is 0 Å². The molecule has 5 N–H and O–H groups in total. The van der Waals surface area contributed by atoms with Crippen LogP contribution in [0.5, 0.6) is 0 Å². The van der Waals surface area contributed by atoms with Crippen molar-refractivity contribution >= 4 is 11.8 Å². The molecule has 0 bridgehead atoms. The second kappa shape index (κ2) is 9.97.